The van der Waals surface area contributed by atoms with Gasteiger partial charge in [-0.15, -0.1) is 5.10 Å². The van der Waals surface area contributed by atoms with Crippen molar-refractivity contribution in [2.75, 3.05) is 12.1 Å². The van der Waals surface area contributed by atoms with Gasteiger partial charge < -0.3 is 19.8 Å². The molecule has 2 aromatic heterocycles. The van der Waals surface area contributed by atoms with Crippen LogP contribution in [-0.4, -0.2) is 65.7 Å². The van der Waals surface area contributed by atoms with Gasteiger partial charge in [-0.1, -0.05) is 18.8 Å². The zero-order chi connectivity index (χ0) is 25.1. The monoisotopic (exact) mass is 497 g/mol. The van der Waals surface area contributed by atoms with Crippen LogP contribution < -0.4 is 9.58 Å². The molecule has 4 atom stereocenters. The first-order valence-corrected chi connectivity index (χ1v) is 13.1. The van der Waals surface area contributed by atoms with Gasteiger partial charge in [0.1, 0.15) is 6.10 Å². The predicted octanol–water partition coefficient (Wildman–Crippen LogP) is 1.88. The van der Waals surface area contributed by atoms with Gasteiger partial charge in [0.15, 0.2) is 29.7 Å². The highest BCUT2D eigenvalue weighted by molar-refractivity contribution is 7.54. The minimum atomic E-state index is -4.33. The fraction of sp³-hybridized carbons (Fsp3) is 0.714. The van der Waals surface area contributed by atoms with Gasteiger partial charge >= 0.3 is 13.2 Å². The molecule has 0 bridgehead atoms. The quantitative estimate of drug-likeness (QED) is 0.367. The van der Waals surface area contributed by atoms with E-state index in [0.717, 1.165) is 11.4 Å². The van der Waals surface area contributed by atoms with Crippen molar-refractivity contribution in [1.82, 2.24) is 14.5 Å². The molecule has 1 saturated heterocycles. The molecule has 188 valence electrons. The van der Waals surface area contributed by atoms with Gasteiger partial charge in [0, 0.05) is 26.8 Å². The van der Waals surface area contributed by atoms with E-state index in [1.54, 1.807) is 15.9 Å². The normalized spacial score (nSPS) is 25.0. The van der Waals surface area contributed by atoms with E-state index in [1.807, 2.05) is 32.4 Å². The molecule has 0 amide bonds. The van der Waals surface area contributed by atoms with Crippen LogP contribution >= 0.6 is 7.60 Å². The summed E-state index contributed by atoms with van der Waals surface area (Å²) >= 11 is 0. The molecule has 4 rings (SSSR count). The van der Waals surface area contributed by atoms with E-state index < -0.39 is 37.0 Å². The smallest absolute Gasteiger partial charge is 0.359 e. The molecule has 3 N–H and O–H groups in total. The van der Waals surface area contributed by atoms with E-state index in [-0.39, 0.29) is 6.42 Å². The van der Waals surface area contributed by atoms with Crippen molar-refractivity contribution in [3.63, 3.8) is 0 Å². The number of aromatic nitrogens is 4. The molecule has 1 fully saturated rings. The SMILES string of the molecule is CCC(CC)(CC1CC(O)C([n+]2cn3c4c(ncnc42)N(C)N=C3C)O1)OP(=O)(O)C(C)(C)O. The molecule has 0 aliphatic carbocycles. The Labute approximate surface area is 198 Å². The Morgan fingerprint density at radius 2 is 2.00 bits per heavy atom. The maximum Gasteiger partial charge on any atom is 0.359 e. The predicted molar refractivity (Wildman–Crippen MR) is 124 cm³/mol. The lowest BCUT2D eigenvalue weighted by Crippen LogP contribution is -2.44. The summed E-state index contributed by atoms with van der Waals surface area (Å²) in [5, 5.41) is 25.3. The summed E-state index contributed by atoms with van der Waals surface area (Å²) in [6.45, 7) is 8.12. The van der Waals surface area contributed by atoms with Crippen LogP contribution in [-0.2, 0) is 13.8 Å². The Balaban J connectivity index is 1.62. The summed E-state index contributed by atoms with van der Waals surface area (Å²) < 4.78 is 28.4. The lowest BCUT2D eigenvalue weighted by Gasteiger charge is -2.38. The number of aliphatic hydroxyl groups is 2. The van der Waals surface area contributed by atoms with Crippen LogP contribution in [0.1, 0.15) is 66.5 Å². The second-order valence-corrected chi connectivity index (χ2v) is 11.9. The van der Waals surface area contributed by atoms with Crippen molar-refractivity contribution in [2.45, 2.75) is 89.7 Å². The Morgan fingerprint density at radius 3 is 2.62 bits per heavy atom. The summed E-state index contributed by atoms with van der Waals surface area (Å²) in [6.07, 6.45) is 2.76. The molecule has 0 saturated carbocycles. The fourth-order valence-corrected chi connectivity index (χ4v) is 5.67. The van der Waals surface area contributed by atoms with E-state index in [9.17, 15) is 19.7 Å². The number of ether oxygens (including phenoxy) is 1. The number of hydrogen-bond donors (Lipinski definition) is 3. The van der Waals surface area contributed by atoms with E-state index >= 15 is 0 Å². The number of hydrazone groups is 1. The van der Waals surface area contributed by atoms with Gasteiger partial charge in [-0.3, -0.25) is 9.09 Å². The Bertz CT molecular complexity index is 1160. The zero-order valence-electron chi connectivity index (χ0n) is 20.4. The van der Waals surface area contributed by atoms with Crippen molar-refractivity contribution >= 4 is 30.4 Å². The Hall–Kier alpha value is -1.95. The molecular formula is C21H34N6O6P+. The third kappa shape index (κ3) is 4.16. The standard InChI is InChI=1S/C21H33N6O6P/c1-7-21(8-2,33-34(30,31)20(4,5)29)10-14-9-15(28)19(32-14)27-12-26-13(3)24-25(6)17-16(26)18(27)23-11-22-17/h11-12,14-15,19,28-29H,7-10H2,1-6H3/p+1. The van der Waals surface area contributed by atoms with Crippen LogP contribution in [0.4, 0.5) is 5.82 Å². The first kappa shape index (κ1) is 25.2. The highest BCUT2D eigenvalue weighted by atomic mass is 31.2. The molecule has 34 heavy (non-hydrogen) atoms. The van der Waals surface area contributed by atoms with E-state index in [1.165, 1.54) is 20.2 Å². The Morgan fingerprint density at radius 1 is 1.32 bits per heavy atom. The van der Waals surface area contributed by atoms with E-state index in [4.69, 9.17) is 9.26 Å². The van der Waals surface area contributed by atoms with Crippen molar-refractivity contribution in [3.8, 4) is 0 Å². The summed E-state index contributed by atoms with van der Waals surface area (Å²) in [5.74, 6) is 1.38. The largest absolute Gasteiger partial charge is 0.387 e. The number of imidazole rings is 1. The number of anilines is 1. The minimum Gasteiger partial charge on any atom is -0.387 e. The van der Waals surface area contributed by atoms with Crippen molar-refractivity contribution < 1.29 is 33.5 Å². The van der Waals surface area contributed by atoms with Gasteiger partial charge in [0.2, 0.25) is 11.7 Å². The van der Waals surface area contributed by atoms with Crippen molar-refractivity contribution in [2.24, 2.45) is 5.10 Å². The van der Waals surface area contributed by atoms with Crippen molar-refractivity contribution in [3.05, 3.63) is 12.7 Å². The lowest BCUT2D eigenvalue weighted by molar-refractivity contribution is -0.745. The van der Waals surface area contributed by atoms with E-state index in [2.05, 4.69) is 15.1 Å². The second kappa shape index (κ2) is 8.61. The number of rotatable bonds is 8. The summed E-state index contributed by atoms with van der Waals surface area (Å²) in [7, 11) is -2.52. The molecule has 12 nitrogen and oxygen atoms in total. The van der Waals surface area contributed by atoms with Crippen molar-refractivity contribution in [1.29, 1.82) is 0 Å². The first-order chi connectivity index (χ1) is 15.8. The maximum absolute atomic E-state index is 12.7. The lowest BCUT2D eigenvalue weighted by atomic mass is 9.89. The van der Waals surface area contributed by atoms with Crippen LogP contribution in [0, 0.1) is 0 Å². The van der Waals surface area contributed by atoms with Gasteiger partial charge in [-0.05, 0) is 26.7 Å². The molecule has 13 heteroatoms. The van der Waals surface area contributed by atoms with Crippen LogP contribution in [0.25, 0.3) is 11.2 Å². The van der Waals surface area contributed by atoms with Gasteiger partial charge in [-0.2, -0.15) is 4.98 Å². The minimum absolute atomic E-state index is 0.289. The average molecular weight is 498 g/mol. The van der Waals surface area contributed by atoms with Crippen LogP contribution in [0.15, 0.2) is 17.8 Å². The second-order valence-electron chi connectivity index (χ2n) is 9.59. The summed E-state index contributed by atoms with van der Waals surface area (Å²) in [6, 6.07) is 0. The summed E-state index contributed by atoms with van der Waals surface area (Å²) in [4.78, 5) is 19.2. The van der Waals surface area contributed by atoms with Crippen LogP contribution in [0.3, 0.4) is 0 Å². The first-order valence-electron chi connectivity index (χ1n) is 11.5. The van der Waals surface area contributed by atoms with E-state index in [0.29, 0.717) is 30.7 Å². The number of hydrogen-bond acceptors (Lipinski definition) is 9. The molecule has 0 radical (unpaired) electrons. The molecular weight excluding hydrogens is 463 g/mol. The maximum atomic E-state index is 12.7. The third-order valence-corrected chi connectivity index (χ3v) is 8.81. The zero-order valence-corrected chi connectivity index (χ0v) is 21.3. The molecule has 2 aliphatic rings. The molecule has 0 aromatic carbocycles. The highest BCUT2D eigenvalue weighted by Crippen LogP contribution is 2.58. The number of aliphatic hydroxyl groups excluding tert-OH is 1. The van der Waals surface area contributed by atoms with Gasteiger partial charge in [0.25, 0.3) is 0 Å². The molecule has 2 aliphatic heterocycles. The topological polar surface area (TPSA) is 146 Å². The number of nitrogens with zero attached hydrogens (tertiary/aromatic N) is 6. The van der Waals surface area contributed by atoms with Gasteiger partial charge in [0.05, 0.1) is 11.7 Å². The molecule has 4 unspecified atom stereocenters. The molecule has 4 heterocycles. The third-order valence-electron chi connectivity index (χ3n) is 6.80. The molecule has 2 aromatic rings. The Kier molecular flexibility index (Phi) is 6.37. The fourth-order valence-electron chi connectivity index (χ4n) is 4.59. The van der Waals surface area contributed by atoms with Gasteiger partial charge in [-0.25, -0.2) is 14.1 Å². The van der Waals surface area contributed by atoms with Crippen LogP contribution in [0.5, 0.6) is 0 Å². The summed E-state index contributed by atoms with van der Waals surface area (Å²) in [5.41, 5.74) is 0.376. The highest BCUT2D eigenvalue weighted by Gasteiger charge is 2.49. The average Bonchev–Trinajstić information content (AvgIpc) is 3.31. The molecule has 0 spiro atoms. The van der Waals surface area contributed by atoms with Crippen LogP contribution in [0.2, 0.25) is 0 Å².